The summed E-state index contributed by atoms with van der Waals surface area (Å²) in [6.45, 7) is 0.407. The maximum atomic E-state index is 13.0. The van der Waals surface area contributed by atoms with E-state index in [4.69, 9.17) is 11.6 Å². The minimum atomic E-state index is -0.473. The number of carbonyl (C=O) groups excluding carboxylic acids is 1. The molecule has 1 aliphatic rings. The number of nitrogens with zero attached hydrogens (tertiary/aromatic N) is 3. The van der Waals surface area contributed by atoms with Crippen LogP contribution in [0.2, 0.25) is 5.02 Å². The van der Waals surface area contributed by atoms with Crippen LogP contribution in [0.3, 0.4) is 0 Å². The summed E-state index contributed by atoms with van der Waals surface area (Å²) in [4.78, 5) is 17.4. The molecule has 6 heteroatoms. The molecule has 1 fully saturated rings. The lowest BCUT2D eigenvalue weighted by Gasteiger charge is -2.40. The van der Waals surface area contributed by atoms with Crippen LogP contribution in [-0.4, -0.2) is 20.7 Å². The molecule has 0 spiro atoms. The highest BCUT2D eigenvalue weighted by molar-refractivity contribution is 6.30. The van der Waals surface area contributed by atoms with Gasteiger partial charge in [0.15, 0.2) is 5.82 Å². The second kappa shape index (κ2) is 6.92. The van der Waals surface area contributed by atoms with Crippen LogP contribution in [0.25, 0.3) is 5.82 Å². The molecule has 1 saturated carbocycles. The first kappa shape index (κ1) is 16.8. The van der Waals surface area contributed by atoms with Crippen molar-refractivity contribution in [3.8, 4) is 5.82 Å². The summed E-state index contributed by atoms with van der Waals surface area (Å²) in [6.07, 6.45) is 8.01. The molecule has 5 nitrogen and oxygen atoms in total. The van der Waals surface area contributed by atoms with Crippen molar-refractivity contribution in [2.75, 3.05) is 0 Å². The number of rotatable bonds is 5. The number of nitrogens with one attached hydrogen (secondary N) is 1. The molecule has 132 valence electrons. The Morgan fingerprint density at radius 1 is 1.19 bits per heavy atom. The van der Waals surface area contributed by atoms with Gasteiger partial charge in [-0.1, -0.05) is 36.2 Å². The number of hydrogen-bond acceptors (Lipinski definition) is 3. The van der Waals surface area contributed by atoms with E-state index in [9.17, 15) is 4.79 Å². The summed E-state index contributed by atoms with van der Waals surface area (Å²) >= 11 is 6.14. The zero-order valence-corrected chi connectivity index (χ0v) is 15.0. The molecular formula is C20H19ClN4O. The fourth-order valence-electron chi connectivity index (χ4n) is 3.48. The van der Waals surface area contributed by atoms with Gasteiger partial charge in [0.05, 0.1) is 5.41 Å². The Morgan fingerprint density at radius 2 is 2.08 bits per heavy atom. The van der Waals surface area contributed by atoms with E-state index in [2.05, 4.69) is 15.4 Å². The molecule has 0 radical (unpaired) electrons. The van der Waals surface area contributed by atoms with Gasteiger partial charge >= 0.3 is 0 Å². The SMILES string of the molecule is O=C(NCc1cccnc1-n1cccn1)C1(c2cccc(Cl)c2)CCC1. The lowest BCUT2D eigenvalue weighted by Crippen LogP contribution is -2.49. The quantitative estimate of drug-likeness (QED) is 0.749. The monoisotopic (exact) mass is 366 g/mol. The van der Waals surface area contributed by atoms with Crippen molar-refractivity contribution in [2.24, 2.45) is 0 Å². The Labute approximate surface area is 157 Å². The molecule has 0 unspecified atom stereocenters. The van der Waals surface area contributed by atoms with Crippen LogP contribution in [0.5, 0.6) is 0 Å². The molecule has 2 heterocycles. The van der Waals surface area contributed by atoms with E-state index in [0.717, 1.165) is 36.2 Å². The average molecular weight is 367 g/mol. The molecule has 1 amide bonds. The van der Waals surface area contributed by atoms with Crippen LogP contribution in [0, 0.1) is 0 Å². The molecule has 2 aromatic heterocycles. The third kappa shape index (κ3) is 2.99. The van der Waals surface area contributed by atoms with Crippen molar-refractivity contribution in [3.63, 3.8) is 0 Å². The van der Waals surface area contributed by atoms with Gasteiger partial charge in [-0.2, -0.15) is 5.10 Å². The third-order valence-corrected chi connectivity index (χ3v) is 5.28. The average Bonchev–Trinajstić information content (AvgIpc) is 3.14. The Kier molecular flexibility index (Phi) is 4.47. The van der Waals surface area contributed by atoms with E-state index in [-0.39, 0.29) is 5.91 Å². The van der Waals surface area contributed by atoms with Crippen LogP contribution in [-0.2, 0) is 16.8 Å². The zero-order chi connectivity index (χ0) is 18.0. The molecule has 0 bridgehead atoms. The highest BCUT2D eigenvalue weighted by Crippen LogP contribution is 2.44. The number of benzene rings is 1. The van der Waals surface area contributed by atoms with Gasteiger partial charge in [-0.25, -0.2) is 9.67 Å². The summed E-state index contributed by atoms with van der Waals surface area (Å²) in [5, 5.41) is 8.00. The molecule has 1 aliphatic carbocycles. The number of carbonyl (C=O) groups is 1. The summed E-state index contributed by atoms with van der Waals surface area (Å²) in [5.74, 6) is 0.768. The zero-order valence-electron chi connectivity index (χ0n) is 14.2. The van der Waals surface area contributed by atoms with Gasteiger partial charge in [0.25, 0.3) is 0 Å². The van der Waals surface area contributed by atoms with Gasteiger partial charge in [0, 0.05) is 35.7 Å². The highest BCUT2D eigenvalue weighted by Gasteiger charge is 2.45. The van der Waals surface area contributed by atoms with Crippen LogP contribution in [0.4, 0.5) is 0 Å². The smallest absolute Gasteiger partial charge is 0.230 e. The molecule has 0 saturated heterocycles. The van der Waals surface area contributed by atoms with E-state index in [1.165, 1.54) is 0 Å². The molecule has 1 N–H and O–H groups in total. The van der Waals surface area contributed by atoms with E-state index in [1.54, 1.807) is 17.1 Å². The molecule has 1 aromatic carbocycles. The van der Waals surface area contributed by atoms with Gasteiger partial charge < -0.3 is 5.32 Å². The van der Waals surface area contributed by atoms with Crippen molar-refractivity contribution in [1.29, 1.82) is 0 Å². The maximum Gasteiger partial charge on any atom is 0.230 e. The van der Waals surface area contributed by atoms with E-state index < -0.39 is 5.41 Å². The fraction of sp³-hybridized carbons (Fsp3) is 0.250. The molecule has 0 atom stereocenters. The standard InChI is InChI=1S/C20H19ClN4O/c21-17-7-1-6-16(13-17)20(8-3-9-20)19(26)23-14-15-5-2-10-22-18(15)25-12-4-11-24-25/h1-2,4-7,10-13H,3,8-9,14H2,(H,23,26). The van der Waals surface area contributed by atoms with E-state index in [1.807, 2.05) is 48.7 Å². The predicted octanol–water partition coefficient (Wildman–Crippen LogP) is 3.66. The maximum absolute atomic E-state index is 13.0. The molecule has 3 aromatic rings. The van der Waals surface area contributed by atoms with Crippen molar-refractivity contribution in [2.45, 2.75) is 31.2 Å². The summed E-state index contributed by atoms with van der Waals surface area (Å²) in [7, 11) is 0. The summed E-state index contributed by atoms with van der Waals surface area (Å²) in [5.41, 5.74) is 1.44. The number of aromatic nitrogens is 3. The summed E-state index contributed by atoms with van der Waals surface area (Å²) in [6, 6.07) is 13.3. The van der Waals surface area contributed by atoms with Crippen LogP contribution >= 0.6 is 11.6 Å². The van der Waals surface area contributed by atoms with Gasteiger partial charge in [-0.05, 0) is 42.7 Å². The minimum Gasteiger partial charge on any atom is -0.351 e. The first-order valence-electron chi connectivity index (χ1n) is 8.67. The van der Waals surface area contributed by atoms with E-state index >= 15 is 0 Å². The van der Waals surface area contributed by atoms with Crippen molar-refractivity contribution < 1.29 is 4.79 Å². The normalized spacial score (nSPS) is 15.3. The molecule has 0 aliphatic heterocycles. The lowest BCUT2D eigenvalue weighted by atomic mass is 9.64. The molecule has 4 rings (SSSR count). The first-order chi connectivity index (χ1) is 12.7. The Balaban J connectivity index is 1.54. The van der Waals surface area contributed by atoms with Crippen LogP contribution in [0.1, 0.15) is 30.4 Å². The van der Waals surface area contributed by atoms with Gasteiger partial charge in [-0.15, -0.1) is 0 Å². The first-order valence-corrected chi connectivity index (χ1v) is 9.05. The number of pyridine rings is 1. The van der Waals surface area contributed by atoms with Crippen molar-refractivity contribution >= 4 is 17.5 Å². The summed E-state index contributed by atoms with van der Waals surface area (Å²) < 4.78 is 1.71. The second-order valence-electron chi connectivity index (χ2n) is 6.57. The Morgan fingerprint density at radius 3 is 2.77 bits per heavy atom. The Bertz CT molecular complexity index is 919. The number of halogens is 1. The largest absolute Gasteiger partial charge is 0.351 e. The topological polar surface area (TPSA) is 59.8 Å². The number of hydrogen-bond donors (Lipinski definition) is 1. The highest BCUT2D eigenvalue weighted by atomic mass is 35.5. The Hall–Kier alpha value is -2.66. The molecular weight excluding hydrogens is 348 g/mol. The fourth-order valence-corrected chi connectivity index (χ4v) is 3.67. The second-order valence-corrected chi connectivity index (χ2v) is 7.00. The minimum absolute atomic E-state index is 0.0429. The predicted molar refractivity (Wildman–Crippen MR) is 100 cm³/mol. The third-order valence-electron chi connectivity index (χ3n) is 5.05. The van der Waals surface area contributed by atoms with Crippen molar-refractivity contribution in [1.82, 2.24) is 20.1 Å². The number of amides is 1. The lowest BCUT2D eigenvalue weighted by molar-refractivity contribution is -0.130. The van der Waals surface area contributed by atoms with Crippen LogP contribution < -0.4 is 5.32 Å². The van der Waals surface area contributed by atoms with Gasteiger partial charge in [0.2, 0.25) is 5.91 Å². The van der Waals surface area contributed by atoms with Gasteiger partial charge in [0.1, 0.15) is 0 Å². The van der Waals surface area contributed by atoms with Crippen LogP contribution in [0.15, 0.2) is 61.1 Å². The molecule has 26 heavy (non-hydrogen) atoms. The van der Waals surface area contributed by atoms with Crippen molar-refractivity contribution in [3.05, 3.63) is 77.2 Å². The van der Waals surface area contributed by atoms with Gasteiger partial charge in [-0.3, -0.25) is 4.79 Å². The van der Waals surface area contributed by atoms with E-state index in [0.29, 0.717) is 11.6 Å².